The molecule has 0 saturated carbocycles. The molecule has 0 aromatic heterocycles. The maximum Gasteiger partial charge on any atom is 0.261 e. The molecule has 0 N–H and O–H groups in total. The Morgan fingerprint density at radius 3 is 2.53 bits per heavy atom. The van der Waals surface area contributed by atoms with E-state index < -0.39 is 9.05 Å². The highest BCUT2D eigenvalue weighted by Gasteiger charge is 2.17. The molecule has 1 fully saturated rings. The van der Waals surface area contributed by atoms with Gasteiger partial charge in [-0.1, -0.05) is 6.42 Å². The van der Waals surface area contributed by atoms with Gasteiger partial charge < -0.3 is 4.74 Å². The molecule has 2 rings (SSSR count). The van der Waals surface area contributed by atoms with Gasteiger partial charge in [0.15, 0.2) is 0 Å². The largest absolute Gasteiger partial charge is 0.496 e. The van der Waals surface area contributed by atoms with Gasteiger partial charge in [-0.3, -0.25) is 4.90 Å². The molecule has 1 aromatic rings. The summed E-state index contributed by atoms with van der Waals surface area (Å²) >= 11 is 0. The summed E-state index contributed by atoms with van der Waals surface area (Å²) in [6, 6.07) is 4.74. The van der Waals surface area contributed by atoms with E-state index in [1.54, 1.807) is 19.2 Å². The number of methoxy groups -OCH3 is 1. The Morgan fingerprint density at radius 2 is 1.95 bits per heavy atom. The van der Waals surface area contributed by atoms with E-state index in [9.17, 15) is 8.42 Å². The van der Waals surface area contributed by atoms with Crippen LogP contribution in [0.15, 0.2) is 23.1 Å². The first kappa shape index (κ1) is 14.6. The highest BCUT2D eigenvalue weighted by Crippen LogP contribution is 2.26. The molecule has 0 amide bonds. The molecule has 1 aliphatic heterocycles. The summed E-state index contributed by atoms with van der Waals surface area (Å²) in [4.78, 5) is 2.44. The van der Waals surface area contributed by atoms with Crippen LogP contribution in [0.1, 0.15) is 24.8 Å². The number of benzene rings is 1. The second-order valence-electron chi connectivity index (χ2n) is 4.75. The van der Waals surface area contributed by atoms with Crippen molar-refractivity contribution < 1.29 is 13.2 Å². The van der Waals surface area contributed by atoms with Crippen LogP contribution in [0.4, 0.5) is 0 Å². The predicted octanol–water partition coefficient (Wildman–Crippen LogP) is 2.61. The standard InChI is InChI=1S/C13H18ClNO3S/c1-18-13-6-5-12(19(14,16)17)9-11(13)10-15-7-3-2-4-8-15/h5-6,9H,2-4,7-8,10H2,1H3. The smallest absolute Gasteiger partial charge is 0.261 e. The lowest BCUT2D eigenvalue weighted by molar-refractivity contribution is 0.218. The number of hydrogen-bond acceptors (Lipinski definition) is 4. The molecular formula is C13H18ClNO3S. The molecule has 1 heterocycles. The van der Waals surface area contributed by atoms with Crippen molar-refractivity contribution in [2.24, 2.45) is 0 Å². The zero-order valence-corrected chi connectivity index (χ0v) is 12.5. The summed E-state index contributed by atoms with van der Waals surface area (Å²) in [6.45, 7) is 2.78. The maximum absolute atomic E-state index is 11.4. The Labute approximate surface area is 118 Å². The van der Waals surface area contributed by atoms with Gasteiger partial charge in [-0.2, -0.15) is 0 Å². The summed E-state index contributed by atoms with van der Waals surface area (Å²) in [5.74, 6) is 0.703. The monoisotopic (exact) mass is 303 g/mol. The number of piperidine rings is 1. The lowest BCUT2D eigenvalue weighted by Gasteiger charge is -2.27. The average Bonchev–Trinajstić information content (AvgIpc) is 2.39. The van der Waals surface area contributed by atoms with Crippen LogP contribution in [-0.2, 0) is 15.6 Å². The normalized spacial score (nSPS) is 17.4. The van der Waals surface area contributed by atoms with Crippen LogP contribution in [0, 0.1) is 0 Å². The lowest BCUT2D eigenvalue weighted by Crippen LogP contribution is -2.29. The highest BCUT2D eigenvalue weighted by molar-refractivity contribution is 8.13. The minimum atomic E-state index is -3.69. The Balaban J connectivity index is 2.25. The summed E-state index contributed by atoms with van der Waals surface area (Å²) in [5, 5.41) is 0. The predicted molar refractivity (Wildman–Crippen MR) is 75.2 cm³/mol. The zero-order chi connectivity index (χ0) is 13.9. The molecule has 4 nitrogen and oxygen atoms in total. The van der Waals surface area contributed by atoms with E-state index in [0.29, 0.717) is 12.3 Å². The first-order valence-corrected chi connectivity index (χ1v) is 8.65. The molecule has 1 aliphatic rings. The van der Waals surface area contributed by atoms with E-state index in [1.807, 2.05) is 0 Å². The van der Waals surface area contributed by atoms with E-state index >= 15 is 0 Å². The second kappa shape index (κ2) is 6.11. The van der Waals surface area contributed by atoms with Crippen molar-refractivity contribution in [2.75, 3.05) is 20.2 Å². The van der Waals surface area contributed by atoms with E-state index in [-0.39, 0.29) is 4.90 Å². The van der Waals surface area contributed by atoms with Crippen molar-refractivity contribution in [1.82, 2.24) is 4.90 Å². The van der Waals surface area contributed by atoms with Crippen molar-refractivity contribution >= 4 is 19.7 Å². The minimum absolute atomic E-state index is 0.127. The van der Waals surface area contributed by atoms with Gasteiger partial charge >= 0.3 is 0 Å². The summed E-state index contributed by atoms with van der Waals surface area (Å²) < 4.78 is 28.1. The van der Waals surface area contributed by atoms with Crippen LogP contribution in [0.3, 0.4) is 0 Å². The summed E-state index contributed by atoms with van der Waals surface area (Å²) in [5.41, 5.74) is 0.867. The third-order valence-corrected chi connectivity index (χ3v) is 4.73. The number of rotatable bonds is 4. The van der Waals surface area contributed by atoms with Crippen molar-refractivity contribution in [1.29, 1.82) is 0 Å². The molecule has 1 aromatic carbocycles. The molecule has 0 radical (unpaired) electrons. The average molecular weight is 304 g/mol. The first-order chi connectivity index (χ1) is 9.00. The van der Waals surface area contributed by atoms with Gasteiger partial charge in [0, 0.05) is 22.8 Å². The van der Waals surface area contributed by atoms with Crippen LogP contribution < -0.4 is 4.74 Å². The topological polar surface area (TPSA) is 46.6 Å². The quantitative estimate of drug-likeness (QED) is 0.802. The van der Waals surface area contributed by atoms with Gasteiger partial charge in [0.1, 0.15) is 5.75 Å². The number of ether oxygens (including phenoxy) is 1. The third kappa shape index (κ3) is 3.84. The first-order valence-electron chi connectivity index (χ1n) is 6.34. The SMILES string of the molecule is COc1ccc(S(=O)(=O)Cl)cc1CN1CCCCC1. The van der Waals surface area contributed by atoms with Crippen LogP contribution >= 0.6 is 10.7 Å². The van der Waals surface area contributed by atoms with Gasteiger partial charge in [0.25, 0.3) is 9.05 Å². The van der Waals surface area contributed by atoms with Crippen LogP contribution in [0.25, 0.3) is 0 Å². The van der Waals surface area contributed by atoms with Crippen LogP contribution in [0.5, 0.6) is 5.75 Å². The Kier molecular flexibility index (Phi) is 4.71. The molecule has 1 saturated heterocycles. The maximum atomic E-state index is 11.4. The van der Waals surface area contributed by atoms with E-state index in [4.69, 9.17) is 15.4 Å². The van der Waals surface area contributed by atoms with Crippen LogP contribution in [0.2, 0.25) is 0 Å². The van der Waals surface area contributed by atoms with Gasteiger partial charge in [0.05, 0.1) is 12.0 Å². The van der Waals surface area contributed by atoms with Gasteiger partial charge in [-0.25, -0.2) is 8.42 Å². The molecule has 0 aliphatic carbocycles. The molecule has 0 unspecified atom stereocenters. The van der Waals surface area contributed by atoms with Gasteiger partial charge in [-0.15, -0.1) is 0 Å². The Morgan fingerprint density at radius 1 is 1.26 bits per heavy atom. The number of halogens is 1. The number of likely N-dealkylation sites (tertiary alicyclic amines) is 1. The van der Waals surface area contributed by atoms with Crippen molar-refractivity contribution in [3.8, 4) is 5.75 Å². The van der Waals surface area contributed by atoms with E-state index in [0.717, 1.165) is 18.7 Å². The Hall–Kier alpha value is -0.780. The second-order valence-corrected chi connectivity index (χ2v) is 7.31. The molecule has 0 atom stereocenters. The molecule has 6 heteroatoms. The molecule has 0 spiro atoms. The van der Waals surface area contributed by atoms with Crippen molar-refractivity contribution in [3.05, 3.63) is 23.8 Å². The lowest BCUT2D eigenvalue weighted by atomic mass is 10.1. The fourth-order valence-corrected chi connectivity index (χ4v) is 3.19. The molecule has 0 bridgehead atoms. The van der Waals surface area contributed by atoms with Gasteiger partial charge in [-0.05, 0) is 44.1 Å². The molecule has 19 heavy (non-hydrogen) atoms. The third-order valence-electron chi connectivity index (χ3n) is 3.38. The van der Waals surface area contributed by atoms with E-state index in [2.05, 4.69) is 4.90 Å². The van der Waals surface area contributed by atoms with Gasteiger partial charge in [0.2, 0.25) is 0 Å². The van der Waals surface area contributed by atoms with Crippen molar-refractivity contribution in [3.63, 3.8) is 0 Å². The fraction of sp³-hybridized carbons (Fsp3) is 0.538. The highest BCUT2D eigenvalue weighted by atomic mass is 35.7. The number of hydrogen-bond donors (Lipinski definition) is 0. The van der Waals surface area contributed by atoms with Crippen molar-refractivity contribution in [2.45, 2.75) is 30.7 Å². The summed E-state index contributed by atoms with van der Waals surface area (Å²) in [7, 11) is 3.28. The minimum Gasteiger partial charge on any atom is -0.496 e. The molecule has 106 valence electrons. The zero-order valence-electron chi connectivity index (χ0n) is 10.9. The number of nitrogens with zero attached hydrogens (tertiary/aromatic N) is 1. The molecular weight excluding hydrogens is 286 g/mol. The van der Waals surface area contributed by atoms with E-state index in [1.165, 1.54) is 25.3 Å². The summed E-state index contributed by atoms with van der Waals surface area (Å²) in [6.07, 6.45) is 3.65. The van der Waals surface area contributed by atoms with Crippen LogP contribution in [-0.4, -0.2) is 33.5 Å². The Bertz CT molecular complexity index is 539. The fourth-order valence-electron chi connectivity index (χ4n) is 2.39.